The minimum Gasteiger partial charge on any atom is -0.335 e. The van der Waals surface area contributed by atoms with Crippen LogP contribution in [-0.4, -0.2) is 61.4 Å². The van der Waals surface area contributed by atoms with Crippen molar-refractivity contribution < 1.29 is 4.79 Å². The monoisotopic (exact) mass is 288 g/mol. The third-order valence-electron chi connectivity index (χ3n) is 3.86. The van der Waals surface area contributed by atoms with Crippen LogP contribution in [0.5, 0.6) is 0 Å². The number of amides is 1. The molecule has 1 aliphatic rings. The van der Waals surface area contributed by atoms with Crippen molar-refractivity contribution in [2.45, 2.75) is 6.54 Å². The summed E-state index contributed by atoms with van der Waals surface area (Å²) in [7, 11) is 3.72. The summed E-state index contributed by atoms with van der Waals surface area (Å²) in [5.41, 5.74) is 1.86. The normalized spacial score (nSPS) is 16.4. The van der Waals surface area contributed by atoms with Gasteiger partial charge in [-0.05, 0) is 6.07 Å². The average Bonchev–Trinajstić information content (AvgIpc) is 3.08. The summed E-state index contributed by atoms with van der Waals surface area (Å²) in [4.78, 5) is 16.6. The maximum atomic E-state index is 12.4. The molecule has 21 heavy (non-hydrogen) atoms. The van der Waals surface area contributed by atoms with Crippen molar-refractivity contribution in [3.8, 4) is 0 Å². The Balaban J connectivity index is 1.55. The SMILES string of the molecule is Cn1cc(CN2CCN(C(=O)c3ccnn3C)CC2)cn1. The van der Waals surface area contributed by atoms with E-state index in [2.05, 4.69) is 15.1 Å². The minimum atomic E-state index is 0.0658. The molecular weight excluding hydrogens is 268 g/mol. The maximum absolute atomic E-state index is 12.4. The van der Waals surface area contributed by atoms with Crippen molar-refractivity contribution in [2.75, 3.05) is 26.2 Å². The smallest absolute Gasteiger partial charge is 0.272 e. The fourth-order valence-electron chi connectivity index (χ4n) is 2.67. The largest absolute Gasteiger partial charge is 0.335 e. The van der Waals surface area contributed by atoms with Gasteiger partial charge in [0.25, 0.3) is 5.91 Å². The van der Waals surface area contributed by atoms with Crippen LogP contribution in [0.1, 0.15) is 16.1 Å². The van der Waals surface area contributed by atoms with E-state index in [1.54, 1.807) is 24.0 Å². The predicted octanol–water partition coefficient (Wildman–Crippen LogP) is 0.112. The van der Waals surface area contributed by atoms with Crippen LogP contribution in [-0.2, 0) is 20.6 Å². The van der Waals surface area contributed by atoms with E-state index in [-0.39, 0.29) is 5.91 Å². The first kappa shape index (κ1) is 13.8. The minimum absolute atomic E-state index is 0.0658. The molecule has 0 unspecified atom stereocenters. The van der Waals surface area contributed by atoms with E-state index in [0.717, 1.165) is 32.7 Å². The lowest BCUT2D eigenvalue weighted by atomic mass is 10.2. The van der Waals surface area contributed by atoms with Gasteiger partial charge in [0.15, 0.2) is 0 Å². The second kappa shape index (κ2) is 5.69. The fraction of sp³-hybridized carbons (Fsp3) is 0.500. The van der Waals surface area contributed by atoms with Gasteiger partial charge in [0.2, 0.25) is 0 Å². The van der Waals surface area contributed by atoms with Crippen molar-refractivity contribution in [3.63, 3.8) is 0 Å². The Morgan fingerprint density at radius 2 is 1.95 bits per heavy atom. The Morgan fingerprint density at radius 3 is 2.52 bits per heavy atom. The number of rotatable bonds is 3. The highest BCUT2D eigenvalue weighted by Gasteiger charge is 2.23. The molecule has 1 amide bonds. The molecule has 7 heteroatoms. The molecule has 0 N–H and O–H groups in total. The molecule has 0 aromatic carbocycles. The molecule has 0 atom stereocenters. The number of hydrogen-bond donors (Lipinski definition) is 0. The number of nitrogens with zero attached hydrogens (tertiary/aromatic N) is 6. The summed E-state index contributed by atoms with van der Waals surface area (Å²) in [5, 5.41) is 8.24. The third-order valence-corrected chi connectivity index (χ3v) is 3.86. The quantitative estimate of drug-likeness (QED) is 0.804. The number of aromatic nitrogens is 4. The number of piperazine rings is 1. The van der Waals surface area contributed by atoms with Crippen molar-refractivity contribution in [3.05, 3.63) is 35.9 Å². The van der Waals surface area contributed by atoms with Crippen LogP contribution >= 0.6 is 0 Å². The fourth-order valence-corrected chi connectivity index (χ4v) is 2.67. The van der Waals surface area contributed by atoms with Crippen molar-refractivity contribution in [1.29, 1.82) is 0 Å². The Morgan fingerprint density at radius 1 is 1.19 bits per heavy atom. The molecule has 0 spiro atoms. The van der Waals surface area contributed by atoms with Crippen molar-refractivity contribution >= 4 is 5.91 Å². The molecule has 7 nitrogen and oxygen atoms in total. The Kier molecular flexibility index (Phi) is 3.74. The Bertz CT molecular complexity index is 623. The van der Waals surface area contributed by atoms with Crippen LogP contribution in [0.3, 0.4) is 0 Å². The molecule has 3 rings (SSSR count). The lowest BCUT2D eigenvalue weighted by Gasteiger charge is -2.34. The lowest BCUT2D eigenvalue weighted by molar-refractivity contribution is 0.0618. The first-order valence-corrected chi connectivity index (χ1v) is 7.10. The van der Waals surface area contributed by atoms with Crippen LogP contribution in [0.15, 0.2) is 24.7 Å². The highest BCUT2D eigenvalue weighted by Crippen LogP contribution is 2.10. The van der Waals surface area contributed by atoms with E-state index in [1.165, 1.54) is 5.56 Å². The summed E-state index contributed by atoms with van der Waals surface area (Å²) in [6, 6.07) is 1.77. The van der Waals surface area contributed by atoms with Crippen molar-refractivity contribution in [2.24, 2.45) is 14.1 Å². The van der Waals surface area contributed by atoms with E-state index in [9.17, 15) is 4.79 Å². The van der Waals surface area contributed by atoms with Gasteiger partial charge in [-0.2, -0.15) is 10.2 Å². The second-order valence-corrected chi connectivity index (χ2v) is 5.43. The standard InChI is InChI=1S/C14H20N6O/c1-17-10-12(9-16-17)11-19-5-7-20(8-6-19)14(21)13-3-4-15-18(13)2/h3-4,9-10H,5-8,11H2,1-2H3. The van der Waals surface area contributed by atoms with Gasteiger partial charge in [0.1, 0.15) is 5.69 Å². The number of carbonyl (C=O) groups excluding carboxylic acids is 1. The van der Waals surface area contributed by atoms with E-state index < -0.39 is 0 Å². The highest BCUT2D eigenvalue weighted by atomic mass is 16.2. The highest BCUT2D eigenvalue weighted by molar-refractivity contribution is 5.92. The Hall–Kier alpha value is -2.15. The van der Waals surface area contributed by atoms with Gasteiger partial charge < -0.3 is 4.90 Å². The van der Waals surface area contributed by atoms with Gasteiger partial charge in [0, 0.05) is 64.8 Å². The van der Waals surface area contributed by atoms with Crippen LogP contribution < -0.4 is 0 Å². The van der Waals surface area contributed by atoms with Gasteiger partial charge >= 0.3 is 0 Å². The summed E-state index contributed by atoms with van der Waals surface area (Å²) >= 11 is 0. The van der Waals surface area contributed by atoms with E-state index in [0.29, 0.717) is 5.69 Å². The molecule has 1 aliphatic heterocycles. The van der Waals surface area contributed by atoms with E-state index >= 15 is 0 Å². The second-order valence-electron chi connectivity index (χ2n) is 5.43. The predicted molar refractivity (Wildman–Crippen MR) is 77.6 cm³/mol. The molecule has 0 radical (unpaired) electrons. The molecule has 0 aliphatic carbocycles. The van der Waals surface area contributed by atoms with E-state index in [1.807, 2.05) is 29.0 Å². The van der Waals surface area contributed by atoms with Gasteiger partial charge in [0.05, 0.1) is 6.20 Å². The summed E-state index contributed by atoms with van der Waals surface area (Å²) in [6.07, 6.45) is 5.59. The molecule has 112 valence electrons. The molecule has 2 aromatic rings. The molecular formula is C14H20N6O. The lowest BCUT2D eigenvalue weighted by Crippen LogP contribution is -2.48. The zero-order valence-corrected chi connectivity index (χ0v) is 12.4. The topological polar surface area (TPSA) is 59.2 Å². The van der Waals surface area contributed by atoms with Gasteiger partial charge in [-0.3, -0.25) is 19.1 Å². The number of hydrogen-bond acceptors (Lipinski definition) is 4. The van der Waals surface area contributed by atoms with Crippen LogP contribution in [0.4, 0.5) is 0 Å². The van der Waals surface area contributed by atoms with Gasteiger partial charge in [-0.1, -0.05) is 0 Å². The molecule has 0 saturated carbocycles. The summed E-state index contributed by atoms with van der Waals surface area (Å²) in [6.45, 7) is 4.17. The van der Waals surface area contributed by atoms with Crippen molar-refractivity contribution in [1.82, 2.24) is 29.4 Å². The van der Waals surface area contributed by atoms with Gasteiger partial charge in [-0.25, -0.2) is 0 Å². The molecule has 0 bridgehead atoms. The molecule has 3 heterocycles. The summed E-state index contributed by atoms with van der Waals surface area (Å²) in [5.74, 6) is 0.0658. The first-order valence-electron chi connectivity index (χ1n) is 7.10. The summed E-state index contributed by atoms with van der Waals surface area (Å²) < 4.78 is 3.45. The van der Waals surface area contributed by atoms with Crippen LogP contribution in [0.2, 0.25) is 0 Å². The van der Waals surface area contributed by atoms with E-state index in [4.69, 9.17) is 0 Å². The molecule has 1 saturated heterocycles. The third kappa shape index (κ3) is 2.97. The van der Waals surface area contributed by atoms with Crippen LogP contribution in [0, 0.1) is 0 Å². The number of aryl methyl sites for hydroxylation is 2. The first-order chi connectivity index (χ1) is 10.1. The Labute approximate surface area is 123 Å². The average molecular weight is 288 g/mol. The zero-order valence-electron chi connectivity index (χ0n) is 12.4. The zero-order chi connectivity index (χ0) is 14.8. The van der Waals surface area contributed by atoms with Gasteiger partial charge in [-0.15, -0.1) is 0 Å². The maximum Gasteiger partial charge on any atom is 0.272 e. The molecule has 2 aromatic heterocycles. The molecule has 1 fully saturated rings. The number of carbonyl (C=O) groups is 1. The van der Waals surface area contributed by atoms with Crippen LogP contribution in [0.25, 0.3) is 0 Å².